The fourth-order valence-corrected chi connectivity index (χ4v) is 1.86. The number of hydrogen-bond donors (Lipinski definition) is 1. The summed E-state index contributed by atoms with van der Waals surface area (Å²) in [6, 6.07) is 7.76. The van der Waals surface area contributed by atoms with E-state index in [4.69, 9.17) is 0 Å². The zero-order valence-corrected chi connectivity index (χ0v) is 12.1. The maximum Gasteiger partial charge on any atom is 0.226 e. The Hall–Kier alpha value is -1.84. The molecule has 1 rings (SSSR count). The number of anilines is 1. The highest BCUT2D eigenvalue weighted by Crippen LogP contribution is 2.09. The van der Waals surface area contributed by atoms with Crippen molar-refractivity contribution in [2.24, 2.45) is 0 Å². The molecule has 19 heavy (non-hydrogen) atoms. The van der Waals surface area contributed by atoms with Gasteiger partial charge >= 0.3 is 0 Å². The van der Waals surface area contributed by atoms with E-state index in [0.717, 1.165) is 11.3 Å². The Labute approximate surface area is 114 Å². The van der Waals surface area contributed by atoms with Gasteiger partial charge in [0.1, 0.15) is 0 Å². The lowest BCUT2D eigenvalue weighted by Gasteiger charge is -2.24. The van der Waals surface area contributed by atoms with E-state index in [1.165, 1.54) is 6.92 Å². The van der Waals surface area contributed by atoms with Gasteiger partial charge in [0.05, 0.1) is 0 Å². The van der Waals surface area contributed by atoms with Crippen molar-refractivity contribution in [3.63, 3.8) is 0 Å². The number of carbonyl (C=O) groups is 2. The first-order valence-electron chi connectivity index (χ1n) is 6.54. The molecule has 0 aliphatic rings. The van der Waals surface area contributed by atoms with Crippen molar-refractivity contribution in [2.75, 3.05) is 11.9 Å². The topological polar surface area (TPSA) is 49.4 Å². The lowest BCUT2D eigenvalue weighted by molar-refractivity contribution is -0.130. The Morgan fingerprint density at radius 1 is 1.21 bits per heavy atom. The Balaban J connectivity index is 2.47. The molecule has 4 nitrogen and oxygen atoms in total. The van der Waals surface area contributed by atoms with Gasteiger partial charge in [-0.1, -0.05) is 17.7 Å². The van der Waals surface area contributed by atoms with Crippen molar-refractivity contribution in [2.45, 2.75) is 40.2 Å². The SMILES string of the molecule is CC(=O)N(CCC(=O)Nc1ccc(C)cc1)C(C)C. The van der Waals surface area contributed by atoms with Gasteiger partial charge in [-0.2, -0.15) is 0 Å². The summed E-state index contributed by atoms with van der Waals surface area (Å²) in [5.41, 5.74) is 1.94. The fraction of sp³-hybridized carbons (Fsp3) is 0.467. The summed E-state index contributed by atoms with van der Waals surface area (Å²) in [6.45, 7) is 7.86. The van der Waals surface area contributed by atoms with Crippen LogP contribution in [0.2, 0.25) is 0 Å². The van der Waals surface area contributed by atoms with E-state index in [2.05, 4.69) is 5.32 Å². The van der Waals surface area contributed by atoms with Gasteiger partial charge in [0.25, 0.3) is 0 Å². The van der Waals surface area contributed by atoms with E-state index in [-0.39, 0.29) is 17.9 Å². The summed E-state index contributed by atoms with van der Waals surface area (Å²) in [4.78, 5) is 24.9. The standard InChI is InChI=1S/C15H22N2O2/c1-11(2)17(13(4)18)10-9-15(19)16-14-7-5-12(3)6-8-14/h5-8,11H,9-10H2,1-4H3,(H,16,19). The summed E-state index contributed by atoms with van der Waals surface area (Å²) >= 11 is 0. The molecule has 0 unspecified atom stereocenters. The van der Waals surface area contributed by atoms with Crippen LogP contribution in [-0.2, 0) is 9.59 Å². The van der Waals surface area contributed by atoms with Gasteiger partial charge in [0, 0.05) is 31.6 Å². The molecule has 0 heterocycles. The Kier molecular flexibility index (Phi) is 5.55. The van der Waals surface area contributed by atoms with Crippen LogP contribution >= 0.6 is 0 Å². The van der Waals surface area contributed by atoms with E-state index >= 15 is 0 Å². The molecule has 0 aromatic heterocycles. The van der Waals surface area contributed by atoms with Crippen molar-refractivity contribution in [3.05, 3.63) is 29.8 Å². The molecule has 0 aliphatic carbocycles. The Morgan fingerprint density at radius 3 is 2.26 bits per heavy atom. The second-order valence-electron chi connectivity index (χ2n) is 4.97. The number of rotatable bonds is 5. The average Bonchev–Trinajstić information content (AvgIpc) is 2.31. The van der Waals surface area contributed by atoms with Gasteiger partial charge in [-0.3, -0.25) is 9.59 Å². The zero-order chi connectivity index (χ0) is 14.4. The van der Waals surface area contributed by atoms with Gasteiger partial charge in [-0.05, 0) is 32.9 Å². The smallest absolute Gasteiger partial charge is 0.226 e. The molecule has 1 aromatic rings. The summed E-state index contributed by atoms with van der Waals surface area (Å²) in [5.74, 6) is -0.0751. The molecule has 2 amide bonds. The number of aryl methyl sites for hydroxylation is 1. The predicted octanol–water partition coefficient (Wildman–Crippen LogP) is 2.58. The van der Waals surface area contributed by atoms with Crippen LogP contribution in [0.3, 0.4) is 0 Å². The molecule has 104 valence electrons. The molecular formula is C15H22N2O2. The third kappa shape index (κ3) is 5.12. The molecular weight excluding hydrogens is 240 g/mol. The van der Waals surface area contributed by atoms with E-state index in [9.17, 15) is 9.59 Å². The first-order chi connectivity index (χ1) is 8.90. The lowest BCUT2D eigenvalue weighted by atomic mass is 10.2. The molecule has 0 radical (unpaired) electrons. The fourth-order valence-electron chi connectivity index (χ4n) is 1.86. The molecule has 4 heteroatoms. The van der Waals surface area contributed by atoms with Gasteiger partial charge in [0.15, 0.2) is 0 Å². The highest BCUT2D eigenvalue weighted by atomic mass is 16.2. The molecule has 1 aromatic carbocycles. The predicted molar refractivity (Wildman–Crippen MR) is 76.9 cm³/mol. The highest BCUT2D eigenvalue weighted by Gasteiger charge is 2.14. The number of amides is 2. The van der Waals surface area contributed by atoms with Crippen LogP contribution in [0.4, 0.5) is 5.69 Å². The monoisotopic (exact) mass is 262 g/mol. The van der Waals surface area contributed by atoms with Gasteiger partial charge in [-0.15, -0.1) is 0 Å². The molecule has 0 atom stereocenters. The number of carbonyl (C=O) groups excluding carboxylic acids is 2. The van der Waals surface area contributed by atoms with Gasteiger partial charge in [-0.25, -0.2) is 0 Å². The van der Waals surface area contributed by atoms with E-state index in [0.29, 0.717) is 13.0 Å². The van der Waals surface area contributed by atoms with Crippen molar-refractivity contribution in [3.8, 4) is 0 Å². The number of nitrogens with one attached hydrogen (secondary N) is 1. The molecule has 0 spiro atoms. The van der Waals surface area contributed by atoms with E-state index in [1.807, 2.05) is 45.0 Å². The van der Waals surface area contributed by atoms with E-state index < -0.39 is 0 Å². The first kappa shape index (κ1) is 15.2. The van der Waals surface area contributed by atoms with Crippen LogP contribution in [0.5, 0.6) is 0 Å². The van der Waals surface area contributed by atoms with Gasteiger partial charge < -0.3 is 10.2 Å². The minimum absolute atomic E-state index is 0.00173. The second-order valence-corrected chi connectivity index (χ2v) is 4.97. The number of hydrogen-bond acceptors (Lipinski definition) is 2. The van der Waals surface area contributed by atoms with Crippen LogP contribution in [-0.4, -0.2) is 29.3 Å². The highest BCUT2D eigenvalue weighted by molar-refractivity contribution is 5.91. The van der Waals surface area contributed by atoms with Crippen molar-refractivity contribution in [1.82, 2.24) is 4.90 Å². The molecule has 0 saturated carbocycles. The third-order valence-corrected chi connectivity index (χ3v) is 2.94. The maximum atomic E-state index is 11.8. The Bertz CT molecular complexity index is 438. The minimum atomic E-state index is -0.0734. The maximum absolute atomic E-state index is 11.8. The van der Waals surface area contributed by atoms with Crippen LogP contribution in [0.1, 0.15) is 32.8 Å². The largest absolute Gasteiger partial charge is 0.340 e. The summed E-state index contributed by atoms with van der Waals surface area (Å²) < 4.78 is 0. The van der Waals surface area contributed by atoms with Crippen molar-refractivity contribution in [1.29, 1.82) is 0 Å². The average molecular weight is 262 g/mol. The lowest BCUT2D eigenvalue weighted by Crippen LogP contribution is -2.37. The van der Waals surface area contributed by atoms with Crippen LogP contribution < -0.4 is 5.32 Å². The summed E-state index contributed by atoms with van der Waals surface area (Å²) in [7, 11) is 0. The normalized spacial score (nSPS) is 10.4. The zero-order valence-electron chi connectivity index (χ0n) is 12.1. The number of nitrogens with zero attached hydrogens (tertiary/aromatic N) is 1. The van der Waals surface area contributed by atoms with E-state index in [1.54, 1.807) is 4.90 Å². The third-order valence-electron chi connectivity index (χ3n) is 2.94. The molecule has 0 bridgehead atoms. The summed E-state index contributed by atoms with van der Waals surface area (Å²) in [5, 5.41) is 2.83. The Morgan fingerprint density at radius 2 is 1.79 bits per heavy atom. The summed E-state index contributed by atoms with van der Waals surface area (Å²) in [6.07, 6.45) is 0.311. The number of benzene rings is 1. The molecule has 0 saturated heterocycles. The van der Waals surface area contributed by atoms with Crippen LogP contribution in [0.25, 0.3) is 0 Å². The second kappa shape index (κ2) is 6.92. The van der Waals surface area contributed by atoms with Crippen molar-refractivity contribution < 1.29 is 9.59 Å². The van der Waals surface area contributed by atoms with Crippen molar-refractivity contribution >= 4 is 17.5 Å². The molecule has 0 fully saturated rings. The van der Waals surface area contributed by atoms with Crippen LogP contribution in [0, 0.1) is 6.92 Å². The first-order valence-corrected chi connectivity index (χ1v) is 6.54. The van der Waals surface area contributed by atoms with Gasteiger partial charge in [0.2, 0.25) is 11.8 Å². The molecule has 1 N–H and O–H groups in total. The quantitative estimate of drug-likeness (QED) is 0.886. The molecule has 0 aliphatic heterocycles. The van der Waals surface area contributed by atoms with Crippen LogP contribution in [0.15, 0.2) is 24.3 Å². The minimum Gasteiger partial charge on any atom is -0.340 e.